The fraction of sp³-hybridized carbons (Fsp3) is 0.400. The van der Waals surface area contributed by atoms with E-state index in [2.05, 4.69) is 26.0 Å². The Bertz CT molecular complexity index is 701. The Morgan fingerprint density at radius 1 is 1.42 bits per heavy atom. The molecule has 0 spiro atoms. The Morgan fingerprint density at radius 3 is 2.68 bits per heavy atom. The molecule has 0 aromatic carbocycles. The van der Waals surface area contributed by atoms with Gasteiger partial charge < -0.3 is 4.57 Å². The molecule has 1 aliphatic rings. The lowest BCUT2D eigenvalue weighted by molar-refractivity contribution is 0.190. The summed E-state index contributed by atoms with van der Waals surface area (Å²) in [7, 11) is -1.82. The van der Waals surface area contributed by atoms with Gasteiger partial charge in [-0.15, -0.1) is 0 Å². The predicted molar refractivity (Wildman–Crippen MR) is 70.9 cm³/mol. The smallest absolute Gasteiger partial charge is 0.277 e. The van der Waals surface area contributed by atoms with Gasteiger partial charge in [0.1, 0.15) is 0 Å². The van der Waals surface area contributed by atoms with Crippen molar-refractivity contribution in [2.75, 3.05) is 13.1 Å². The van der Waals surface area contributed by atoms with Crippen LogP contribution in [0.5, 0.6) is 0 Å². The average Bonchev–Trinajstić information content (AvgIpc) is 2.85. The van der Waals surface area contributed by atoms with Crippen molar-refractivity contribution in [3.05, 3.63) is 29.3 Å². The number of hydrogen-bond donors (Lipinski definition) is 0. The molecule has 7 nitrogen and oxygen atoms in total. The maximum atomic E-state index is 12.3. The minimum atomic E-state index is -3.49. The molecule has 19 heavy (non-hydrogen) atoms. The molecule has 1 saturated heterocycles. The number of rotatable bonds is 3. The van der Waals surface area contributed by atoms with E-state index in [1.54, 1.807) is 24.1 Å². The van der Waals surface area contributed by atoms with Gasteiger partial charge in [-0.25, -0.2) is 13.4 Å². The summed E-state index contributed by atoms with van der Waals surface area (Å²) in [4.78, 5) is 3.90. The highest BCUT2D eigenvalue weighted by atomic mass is 79.9. The van der Waals surface area contributed by atoms with Gasteiger partial charge in [-0.1, -0.05) is 0 Å². The van der Waals surface area contributed by atoms with Crippen LogP contribution < -0.4 is 0 Å². The second kappa shape index (κ2) is 4.43. The van der Waals surface area contributed by atoms with Crippen LogP contribution in [-0.2, 0) is 17.1 Å². The molecule has 0 N–H and O–H groups in total. The van der Waals surface area contributed by atoms with E-state index in [1.165, 1.54) is 15.1 Å². The van der Waals surface area contributed by atoms with Crippen molar-refractivity contribution in [3.63, 3.8) is 0 Å². The monoisotopic (exact) mass is 345 g/mol. The van der Waals surface area contributed by atoms with Gasteiger partial charge >= 0.3 is 0 Å². The highest BCUT2D eigenvalue weighted by Gasteiger charge is 2.39. The maximum absolute atomic E-state index is 12.3. The van der Waals surface area contributed by atoms with Crippen LogP contribution in [-0.4, -0.2) is 45.1 Å². The largest absolute Gasteiger partial charge is 0.324 e. The number of imidazole rings is 1. The minimum absolute atomic E-state index is 0.0765. The first kappa shape index (κ1) is 12.8. The SMILES string of the molecule is Cn1ccnc1S(=O)(=O)N1CC(n2cc(Br)cn2)C1. The van der Waals surface area contributed by atoms with Gasteiger partial charge in [0, 0.05) is 38.7 Å². The van der Waals surface area contributed by atoms with E-state index in [1.807, 2.05) is 6.20 Å². The first-order valence-corrected chi connectivity index (χ1v) is 7.89. The molecule has 0 aliphatic carbocycles. The molecule has 1 aliphatic heterocycles. The van der Waals surface area contributed by atoms with Crippen LogP contribution in [0.4, 0.5) is 0 Å². The number of halogens is 1. The lowest BCUT2D eigenvalue weighted by atomic mass is 10.2. The van der Waals surface area contributed by atoms with E-state index < -0.39 is 10.0 Å². The van der Waals surface area contributed by atoms with Crippen molar-refractivity contribution >= 4 is 26.0 Å². The van der Waals surface area contributed by atoms with E-state index in [9.17, 15) is 8.42 Å². The summed E-state index contributed by atoms with van der Waals surface area (Å²) in [5.41, 5.74) is 0. The van der Waals surface area contributed by atoms with Crippen molar-refractivity contribution in [1.82, 2.24) is 23.6 Å². The molecule has 3 rings (SSSR count). The highest BCUT2D eigenvalue weighted by molar-refractivity contribution is 9.10. The van der Waals surface area contributed by atoms with Gasteiger partial charge in [-0.05, 0) is 15.9 Å². The summed E-state index contributed by atoms with van der Waals surface area (Å²) in [6.45, 7) is 0.840. The van der Waals surface area contributed by atoms with Crippen LogP contribution in [0.2, 0.25) is 0 Å². The van der Waals surface area contributed by atoms with Crippen molar-refractivity contribution in [2.24, 2.45) is 7.05 Å². The molecule has 0 atom stereocenters. The molecule has 3 heterocycles. The van der Waals surface area contributed by atoms with Crippen LogP contribution in [0.3, 0.4) is 0 Å². The quantitative estimate of drug-likeness (QED) is 0.817. The lowest BCUT2D eigenvalue weighted by Gasteiger charge is -2.37. The van der Waals surface area contributed by atoms with Gasteiger partial charge in [-0.2, -0.15) is 9.40 Å². The standard InChI is InChI=1S/C10H12BrN5O2S/c1-14-3-2-12-10(14)19(17,18)15-6-9(7-15)16-5-8(11)4-13-16/h2-5,9H,6-7H2,1H3. The highest BCUT2D eigenvalue weighted by Crippen LogP contribution is 2.27. The van der Waals surface area contributed by atoms with Crippen LogP contribution in [0.25, 0.3) is 0 Å². The Labute approximate surface area is 119 Å². The molecule has 0 radical (unpaired) electrons. The first-order valence-electron chi connectivity index (χ1n) is 5.65. The number of aromatic nitrogens is 4. The van der Waals surface area contributed by atoms with E-state index in [4.69, 9.17) is 0 Å². The van der Waals surface area contributed by atoms with Gasteiger partial charge in [-0.3, -0.25) is 4.68 Å². The molecule has 0 saturated carbocycles. The summed E-state index contributed by atoms with van der Waals surface area (Å²) >= 11 is 3.32. The second-order valence-corrected chi connectivity index (χ2v) is 7.18. The molecule has 0 amide bonds. The summed E-state index contributed by atoms with van der Waals surface area (Å²) in [5, 5.41) is 4.24. The number of aryl methyl sites for hydroxylation is 1. The van der Waals surface area contributed by atoms with Gasteiger partial charge in [0.2, 0.25) is 5.16 Å². The van der Waals surface area contributed by atoms with Crippen molar-refractivity contribution in [2.45, 2.75) is 11.2 Å². The second-order valence-electron chi connectivity index (χ2n) is 4.44. The third-order valence-electron chi connectivity index (χ3n) is 3.12. The Morgan fingerprint density at radius 2 is 2.16 bits per heavy atom. The number of nitrogens with zero attached hydrogens (tertiary/aromatic N) is 5. The summed E-state index contributed by atoms with van der Waals surface area (Å²) in [6, 6.07) is 0.0846. The molecule has 9 heteroatoms. The van der Waals surface area contributed by atoms with Gasteiger partial charge in [0.05, 0.1) is 16.7 Å². The van der Waals surface area contributed by atoms with Crippen LogP contribution in [0.15, 0.2) is 34.4 Å². The molecular weight excluding hydrogens is 334 g/mol. The molecule has 2 aromatic heterocycles. The zero-order valence-electron chi connectivity index (χ0n) is 10.1. The van der Waals surface area contributed by atoms with E-state index in [0.29, 0.717) is 13.1 Å². The molecule has 1 fully saturated rings. The van der Waals surface area contributed by atoms with Crippen molar-refractivity contribution < 1.29 is 8.42 Å². The van der Waals surface area contributed by atoms with Gasteiger partial charge in [0.15, 0.2) is 0 Å². The minimum Gasteiger partial charge on any atom is -0.324 e. The number of sulfonamides is 1. The topological polar surface area (TPSA) is 73.0 Å². The Hall–Kier alpha value is -1.19. The van der Waals surface area contributed by atoms with Crippen LogP contribution in [0, 0.1) is 0 Å². The van der Waals surface area contributed by atoms with Crippen molar-refractivity contribution in [1.29, 1.82) is 0 Å². The first-order chi connectivity index (χ1) is 8.98. The maximum Gasteiger partial charge on any atom is 0.277 e. The van der Waals surface area contributed by atoms with Crippen molar-refractivity contribution in [3.8, 4) is 0 Å². The van der Waals surface area contributed by atoms with E-state index >= 15 is 0 Å². The fourth-order valence-corrected chi connectivity index (χ4v) is 3.90. The summed E-state index contributed by atoms with van der Waals surface area (Å²) in [5.74, 6) is 0. The number of hydrogen-bond acceptors (Lipinski definition) is 4. The average molecular weight is 346 g/mol. The van der Waals surface area contributed by atoms with Gasteiger partial charge in [0.25, 0.3) is 10.0 Å². The predicted octanol–water partition coefficient (Wildman–Crippen LogP) is 0.625. The Balaban J connectivity index is 1.76. The Kier molecular flexibility index (Phi) is 2.99. The zero-order chi connectivity index (χ0) is 13.6. The summed E-state index contributed by atoms with van der Waals surface area (Å²) in [6.07, 6.45) is 6.63. The van der Waals surface area contributed by atoms with Crippen LogP contribution in [0.1, 0.15) is 6.04 Å². The third kappa shape index (κ3) is 2.11. The molecule has 0 bridgehead atoms. The zero-order valence-corrected chi connectivity index (χ0v) is 12.5. The fourth-order valence-electron chi connectivity index (χ4n) is 2.01. The van der Waals surface area contributed by atoms with E-state index in [-0.39, 0.29) is 11.2 Å². The normalized spacial score (nSPS) is 17.6. The molecule has 102 valence electrons. The molecular formula is C10H12BrN5O2S. The molecule has 0 unspecified atom stereocenters. The molecule has 2 aromatic rings. The summed E-state index contributed by atoms with van der Waals surface area (Å²) < 4.78 is 30.1. The van der Waals surface area contributed by atoms with Crippen LogP contribution >= 0.6 is 15.9 Å². The van der Waals surface area contributed by atoms with E-state index in [0.717, 1.165) is 4.47 Å². The third-order valence-corrected chi connectivity index (χ3v) is 5.36. The lowest BCUT2D eigenvalue weighted by Crippen LogP contribution is -2.51.